The van der Waals surface area contributed by atoms with Gasteiger partial charge in [0.25, 0.3) is 0 Å². The number of aliphatic imine (C=N–C) groups is 1. The number of para-hydroxylation sites is 1. The molecule has 0 radical (unpaired) electrons. The molecule has 2 aromatic carbocycles. The van der Waals surface area contributed by atoms with Gasteiger partial charge in [0.05, 0.1) is 26.0 Å². The molecule has 8 nitrogen and oxygen atoms in total. The largest absolute Gasteiger partial charge is 0.494 e. The molecule has 1 aliphatic heterocycles. The molecule has 2 heterocycles. The van der Waals surface area contributed by atoms with E-state index in [0.717, 1.165) is 48.7 Å². The van der Waals surface area contributed by atoms with Gasteiger partial charge < -0.3 is 24.8 Å². The zero-order valence-electron chi connectivity index (χ0n) is 19.0. The number of anilines is 1. The minimum absolute atomic E-state index is 0.612. The molecule has 2 N–H and O–H groups in total. The number of nitrogens with one attached hydrogen (secondary N) is 2. The number of aryl methyl sites for hydroxylation is 1. The lowest BCUT2D eigenvalue weighted by atomic mass is 10.2. The second-order valence-electron chi connectivity index (χ2n) is 7.78. The summed E-state index contributed by atoms with van der Waals surface area (Å²) in [7, 11) is 1.92. The Kier molecular flexibility index (Phi) is 8.05. The number of rotatable bonds is 9. The van der Waals surface area contributed by atoms with Crippen molar-refractivity contribution in [3.05, 3.63) is 66.5 Å². The molecule has 0 spiro atoms. The summed E-state index contributed by atoms with van der Waals surface area (Å²) in [6.07, 6.45) is 6.46. The molecule has 0 unspecified atom stereocenters. The van der Waals surface area contributed by atoms with Gasteiger partial charge in [-0.15, -0.1) is 0 Å². The fraction of sp³-hybridized carbons (Fsp3) is 0.360. The summed E-state index contributed by atoms with van der Waals surface area (Å²) in [4.78, 5) is 4.74. The van der Waals surface area contributed by atoms with Crippen molar-refractivity contribution in [3.8, 4) is 17.2 Å². The van der Waals surface area contributed by atoms with E-state index in [1.165, 1.54) is 5.56 Å². The molecule has 8 heteroatoms. The van der Waals surface area contributed by atoms with Crippen molar-refractivity contribution < 1.29 is 14.2 Å². The van der Waals surface area contributed by atoms with E-state index in [1.54, 1.807) is 0 Å². The number of aromatic nitrogens is 2. The molecular formula is C25H31N5O3. The lowest BCUT2D eigenvalue weighted by Gasteiger charge is -2.14. The monoisotopic (exact) mass is 449 g/mol. The summed E-state index contributed by atoms with van der Waals surface area (Å²) in [5, 5.41) is 11.0. The van der Waals surface area contributed by atoms with E-state index in [2.05, 4.69) is 15.7 Å². The zero-order valence-corrected chi connectivity index (χ0v) is 19.0. The number of ether oxygens (including phenoxy) is 3. The molecule has 3 aromatic rings. The SMILES string of the molecule is Cn1cc(CCNC(=NCCCOc2ccccc2)Nc2ccc3c(c2)OCCCO3)cn1. The predicted octanol–water partition coefficient (Wildman–Crippen LogP) is 3.65. The molecule has 0 saturated carbocycles. The highest BCUT2D eigenvalue weighted by Gasteiger charge is 2.11. The molecule has 1 aromatic heterocycles. The topological polar surface area (TPSA) is 81.9 Å². The standard InChI is InChI=1S/C25H31N5O3/c1-30-19-20(18-28-30)11-13-27-25(26-12-5-14-31-22-7-3-2-4-8-22)29-21-9-10-23-24(17-21)33-16-6-15-32-23/h2-4,7-10,17-19H,5-6,11-16H2,1H3,(H2,26,27,29). The number of hydrogen-bond acceptors (Lipinski definition) is 5. The molecule has 0 saturated heterocycles. The molecule has 0 amide bonds. The first-order valence-corrected chi connectivity index (χ1v) is 11.4. The Morgan fingerprint density at radius 3 is 2.79 bits per heavy atom. The van der Waals surface area contributed by atoms with Gasteiger partial charge in [0, 0.05) is 50.9 Å². The normalized spacial score (nSPS) is 13.3. The Balaban J connectivity index is 1.34. The van der Waals surface area contributed by atoms with Crippen LogP contribution in [0.25, 0.3) is 0 Å². The summed E-state index contributed by atoms with van der Waals surface area (Å²) < 4.78 is 19.1. The average molecular weight is 450 g/mol. The highest BCUT2D eigenvalue weighted by Crippen LogP contribution is 2.32. The van der Waals surface area contributed by atoms with E-state index < -0.39 is 0 Å². The van der Waals surface area contributed by atoms with Crippen LogP contribution in [0.2, 0.25) is 0 Å². The first kappa shape index (κ1) is 22.5. The summed E-state index contributed by atoms with van der Waals surface area (Å²) >= 11 is 0. The number of nitrogens with zero attached hydrogens (tertiary/aromatic N) is 3. The molecule has 1 aliphatic rings. The number of fused-ring (bicyclic) bond motifs is 1. The third-order valence-electron chi connectivity index (χ3n) is 5.06. The van der Waals surface area contributed by atoms with Crippen LogP contribution >= 0.6 is 0 Å². The van der Waals surface area contributed by atoms with Gasteiger partial charge in [-0.25, -0.2) is 0 Å². The van der Waals surface area contributed by atoms with Crippen LogP contribution in [0.5, 0.6) is 17.2 Å². The van der Waals surface area contributed by atoms with Crippen LogP contribution in [-0.4, -0.2) is 48.7 Å². The van der Waals surface area contributed by atoms with Crippen molar-refractivity contribution in [3.63, 3.8) is 0 Å². The van der Waals surface area contributed by atoms with Gasteiger partial charge in [0.2, 0.25) is 0 Å². The first-order valence-electron chi connectivity index (χ1n) is 11.4. The van der Waals surface area contributed by atoms with Gasteiger partial charge in [-0.2, -0.15) is 5.10 Å². The summed E-state index contributed by atoms with van der Waals surface area (Å²) in [6.45, 7) is 3.32. The lowest BCUT2D eigenvalue weighted by molar-refractivity contribution is 0.297. The van der Waals surface area contributed by atoms with E-state index in [1.807, 2.05) is 72.7 Å². The summed E-state index contributed by atoms with van der Waals surface area (Å²) in [5.41, 5.74) is 2.07. The minimum Gasteiger partial charge on any atom is -0.494 e. The molecular weight excluding hydrogens is 418 g/mol. The number of hydrogen-bond donors (Lipinski definition) is 2. The minimum atomic E-state index is 0.612. The third kappa shape index (κ3) is 7.17. The van der Waals surface area contributed by atoms with Crippen LogP contribution in [0.1, 0.15) is 18.4 Å². The second kappa shape index (κ2) is 11.8. The molecule has 0 aliphatic carbocycles. The molecule has 33 heavy (non-hydrogen) atoms. The Bertz CT molecular complexity index is 1040. The lowest BCUT2D eigenvalue weighted by Crippen LogP contribution is -2.32. The zero-order chi connectivity index (χ0) is 22.7. The van der Waals surface area contributed by atoms with Crippen molar-refractivity contribution in [2.24, 2.45) is 12.0 Å². The van der Waals surface area contributed by atoms with Gasteiger partial charge >= 0.3 is 0 Å². The third-order valence-corrected chi connectivity index (χ3v) is 5.06. The number of guanidine groups is 1. The van der Waals surface area contributed by atoms with Crippen LogP contribution in [0.4, 0.5) is 5.69 Å². The predicted molar refractivity (Wildman–Crippen MR) is 129 cm³/mol. The maximum Gasteiger partial charge on any atom is 0.195 e. The quantitative estimate of drug-likeness (QED) is 0.295. The van der Waals surface area contributed by atoms with Crippen LogP contribution in [0.3, 0.4) is 0 Å². The van der Waals surface area contributed by atoms with E-state index in [0.29, 0.717) is 32.3 Å². The van der Waals surface area contributed by atoms with Crippen molar-refractivity contribution in [1.29, 1.82) is 0 Å². The molecule has 0 bridgehead atoms. The van der Waals surface area contributed by atoms with Crippen molar-refractivity contribution in [2.75, 3.05) is 38.2 Å². The Morgan fingerprint density at radius 1 is 1.12 bits per heavy atom. The van der Waals surface area contributed by atoms with E-state index in [4.69, 9.17) is 19.2 Å². The molecule has 0 atom stereocenters. The maximum atomic E-state index is 5.82. The second-order valence-corrected chi connectivity index (χ2v) is 7.78. The van der Waals surface area contributed by atoms with Crippen LogP contribution in [-0.2, 0) is 13.5 Å². The van der Waals surface area contributed by atoms with Crippen molar-refractivity contribution in [1.82, 2.24) is 15.1 Å². The van der Waals surface area contributed by atoms with E-state index in [-0.39, 0.29) is 0 Å². The van der Waals surface area contributed by atoms with Gasteiger partial charge in [-0.1, -0.05) is 18.2 Å². The number of benzene rings is 2. The van der Waals surface area contributed by atoms with Crippen molar-refractivity contribution in [2.45, 2.75) is 19.3 Å². The first-order chi connectivity index (χ1) is 16.3. The van der Waals surface area contributed by atoms with E-state index in [9.17, 15) is 0 Å². The smallest absolute Gasteiger partial charge is 0.195 e. The molecule has 4 rings (SSSR count). The highest BCUT2D eigenvalue weighted by molar-refractivity contribution is 5.94. The Hall–Kier alpha value is -3.68. The van der Waals surface area contributed by atoms with Gasteiger partial charge in [0.1, 0.15) is 5.75 Å². The Labute approximate surface area is 194 Å². The van der Waals surface area contributed by atoms with Gasteiger partial charge in [-0.3, -0.25) is 9.67 Å². The fourth-order valence-electron chi connectivity index (χ4n) is 3.41. The summed E-state index contributed by atoms with van der Waals surface area (Å²) in [5.74, 6) is 3.12. The molecule has 174 valence electrons. The van der Waals surface area contributed by atoms with Gasteiger partial charge in [-0.05, 0) is 36.2 Å². The maximum absolute atomic E-state index is 5.82. The average Bonchev–Trinajstić information content (AvgIpc) is 3.10. The van der Waals surface area contributed by atoms with Crippen LogP contribution in [0.15, 0.2) is 65.9 Å². The fourth-order valence-corrected chi connectivity index (χ4v) is 3.41. The Morgan fingerprint density at radius 2 is 1.97 bits per heavy atom. The molecule has 0 fully saturated rings. The van der Waals surface area contributed by atoms with E-state index >= 15 is 0 Å². The summed E-state index contributed by atoms with van der Waals surface area (Å²) in [6, 6.07) is 15.7. The van der Waals surface area contributed by atoms with Crippen LogP contribution in [0, 0.1) is 0 Å². The van der Waals surface area contributed by atoms with Crippen LogP contribution < -0.4 is 24.8 Å². The van der Waals surface area contributed by atoms with Crippen molar-refractivity contribution >= 4 is 11.6 Å². The van der Waals surface area contributed by atoms with Gasteiger partial charge in [0.15, 0.2) is 17.5 Å². The highest BCUT2D eigenvalue weighted by atomic mass is 16.5.